The van der Waals surface area contributed by atoms with E-state index in [0.29, 0.717) is 20.8 Å². The Labute approximate surface area is 193 Å². The first-order valence-corrected chi connectivity index (χ1v) is 8.38. The summed E-state index contributed by atoms with van der Waals surface area (Å²) in [5.41, 5.74) is 0.220. The molecule has 0 atom stereocenters. The van der Waals surface area contributed by atoms with E-state index >= 15 is 0 Å². The van der Waals surface area contributed by atoms with Gasteiger partial charge in [0, 0.05) is 16.1 Å². The molecule has 0 saturated heterocycles. The standard InChI is InChI=1S/C12H7Cl3O2.C7H6O2.Na/c13-7-1-3-11(9(15)5-7)17-12-4-2-8(14)6-10(12)16;8-7(9)6-4-2-1-3-5-6;/h1-6,16H;1-5H,(H,8,9);/q;;+1/p-1. The largest absolute Gasteiger partial charge is 1.00 e. The average Bonchev–Trinajstić information content (AvgIpc) is 2.61. The van der Waals surface area contributed by atoms with Crippen LogP contribution in [0.3, 0.4) is 0 Å². The predicted octanol–water partition coefficient (Wildman–Crippen LogP) is 2.20. The molecular weight excluding hydrogens is 422 g/mol. The van der Waals surface area contributed by atoms with Crippen LogP contribution < -0.4 is 39.4 Å². The predicted molar refractivity (Wildman–Crippen MR) is 100 cm³/mol. The number of halogens is 3. The van der Waals surface area contributed by atoms with E-state index in [0.717, 1.165) is 0 Å². The van der Waals surface area contributed by atoms with Gasteiger partial charge in [0.1, 0.15) is 5.75 Å². The third-order valence-electron chi connectivity index (χ3n) is 3.04. The van der Waals surface area contributed by atoms with Crippen LogP contribution in [-0.2, 0) is 0 Å². The third-order valence-corrected chi connectivity index (χ3v) is 3.81. The van der Waals surface area contributed by atoms with Crippen molar-refractivity contribution in [3.05, 3.63) is 87.4 Å². The van der Waals surface area contributed by atoms with Crippen LogP contribution in [0.1, 0.15) is 10.4 Å². The SMILES string of the molecule is O=C([O-])c1ccccc1.Oc1cc(Cl)ccc1Oc1ccc(Cl)cc1Cl.[Na+]. The Hall–Kier alpha value is -1.40. The summed E-state index contributed by atoms with van der Waals surface area (Å²) in [7, 11) is 0. The molecule has 0 aromatic heterocycles. The van der Waals surface area contributed by atoms with Gasteiger partial charge in [-0.2, -0.15) is 0 Å². The fourth-order valence-corrected chi connectivity index (χ4v) is 2.44. The van der Waals surface area contributed by atoms with Crippen LogP contribution in [0, 0.1) is 0 Å². The van der Waals surface area contributed by atoms with Crippen LogP contribution in [0.5, 0.6) is 17.2 Å². The van der Waals surface area contributed by atoms with Crippen molar-refractivity contribution < 1.29 is 49.3 Å². The molecule has 0 fully saturated rings. The molecule has 8 heteroatoms. The van der Waals surface area contributed by atoms with E-state index in [2.05, 4.69) is 0 Å². The summed E-state index contributed by atoms with van der Waals surface area (Å²) in [5.74, 6) is -0.494. The van der Waals surface area contributed by atoms with Crippen molar-refractivity contribution in [3.8, 4) is 17.2 Å². The Morgan fingerprint density at radius 2 is 1.41 bits per heavy atom. The molecule has 27 heavy (non-hydrogen) atoms. The fourth-order valence-electron chi connectivity index (χ4n) is 1.83. The van der Waals surface area contributed by atoms with Crippen molar-refractivity contribution in [1.29, 1.82) is 0 Å². The average molecular weight is 434 g/mol. The molecule has 0 saturated carbocycles. The monoisotopic (exact) mass is 432 g/mol. The molecule has 4 nitrogen and oxygen atoms in total. The zero-order chi connectivity index (χ0) is 19.1. The number of rotatable bonds is 3. The molecule has 1 N–H and O–H groups in total. The molecule has 0 aliphatic carbocycles. The smallest absolute Gasteiger partial charge is 0.545 e. The molecule has 0 bridgehead atoms. The second-order valence-corrected chi connectivity index (χ2v) is 6.22. The van der Waals surface area contributed by atoms with Gasteiger partial charge in [-0.25, -0.2) is 0 Å². The van der Waals surface area contributed by atoms with Crippen molar-refractivity contribution in [3.63, 3.8) is 0 Å². The molecular formula is C19H12Cl3NaO4. The number of carbonyl (C=O) groups excluding carboxylic acids is 1. The molecule has 3 aromatic rings. The number of carboxylic acids is 1. The molecule has 0 heterocycles. The zero-order valence-corrected chi connectivity index (χ0v) is 18.4. The maximum atomic E-state index is 10.1. The zero-order valence-electron chi connectivity index (χ0n) is 14.2. The van der Waals surface area contributed by atoms with E-state index in [1.54, 1.807) is 48.5 Å². The first-order chi connectivity index (χ1) is 12.4. The van der Waals surface area contributed by atoms with Gasteiger partial charge in [0.05, 0.1) is 11.0 Å². The summed E-state index contributed by atoms with van der Waals surface area (Å²) in [6.07, 6.45) is 0. The number of hydrogen-bond acceptors (Lipinski definition) is 4. The number of carboxylic acid groups (broad SMARTS) is 1. The van der Waals surface area contributed by atoms with Gasteiger partial charge < -0.3 is 19.7 Å². The van der Waals surface area contributed by atoms with Crippen molar-refractivity contribution >= 4 is 40.8 Å². The minimum absolute atomic E-state index is 0. The minimum atomic E-state index is -1.13. The summed E-state index contributed by atoms with van der Waals surface area (Å²) >= 11 is 17.4. The van der Waals surface area contributed by atoms with E-state index in [9.17, 15) is 15.0 Å². The number of aromatic hydroxyl groups is 1. The van der Waals surface area contributed by atoms with E-state index in [1.165, 1.54) is 18.2 Å². The van der Waals surface area contributed by atoms with Gasteiger partial charge in [-0.05, 0) is 35.9 Å². The molecule has 0 aliphatic rings. The third kappa shape index (κ3) is 7.62. The van der Waals surface area contributed by atoms with Crippen LogP contribution >= 0.6 is 34.8 Å². The molecule has 3 rings (SSSR count). The van der Waals surface area contributed by atoms with Crippen LogP contribution in [-0.4, -0.2) is 11.1 Å². The summed E-state index contributed by atoms with van der Waals surface area (Å²) in [5, 5.41) is 21.0. The number of aromatic carboxylic acids is 1. The Morgan fingerprint density at radius 1 is 0.852 bits per heavy atom. The number of benzene rings is 3. The molecule has 0 aliphatic heterocycles. The van der Waals surface area contributed by atoms with E-state index in [1.807, 2.05) is 0 Å². The van der Waals surface area contributed by atoms with Crippen molar-refractivity contribution in [2.75, 3.05) is 0 Å². The Bertz CT molecular complexity index is 855. The molecule has 0 unspecified atom stereocenters. The van der Waals surface area contributed by atoms with Crippen molar-refractivity contribution in [2.24, 2.45) is 0 Å². The normalized spacial score (nSPS) is 9.44. The quantitative estimate of drug-likeness (QED) is 0.643. The van der Waals surface area contributed by atoms with Gasteiger partial charge >= 0.3 is 29.6 Å². The van der Waals surface area contributed by atoms with Gasteiger partial charge in [-0.3, -0.25) is 0 Å². The molecule has 0 amide bonds. The summed E-state index contributed by atoms with van der Waals surface area (Å²) in [6, 6.07) is 17.5. The van der Waals surface area contributed by atoms with Gasteiger partial charge in [0.15, 0.2) is 11.5 Å². The first kappa shape index (κ1) is 23.6. The number of hydrogen-bond donors (Lipinski definition) is 1. The van der Waals surface area contributed by atoms with Gasteiger partial charge in [-0.15, -0.1) is 0 Å². The van der Waals surface area contributed by atoms with E-state index in [4.69, 9.17) is 39.5 Å². The summed E-state index contributed by atoms with van der Waals surface area (Å²) < 4.78 is 5.45. The second-order valence-electron chi connectivity index (χ2n) is 4.94. The number of carbonyl (C=O) groups is 1. The van der Waals surface area contributed by atoms with Crippen LogP contribution in [0.25, 0.3) is 0 Å². The Morgan fingerprint density at radius 3 is 1.89 bits per heavy atom. The van der Waals surface area contributed by atoms with Gasteiger partial charge in [-0.1, -0.05) is 65.1 Å². The van der Waals surface area contributed by atoms with Gasteiger partial charge in [0.2, 0.25) is 0 Å². The fraction of sp³-hybridized carbons (Fsp3) is 0. The summed E-state index contributed by atoms with van der Waals surface area (Å²) in [4.78, 5) is 10.1. The molecule has 0 radical (unpaired) electrons. The number of phenolic OH excluding ortho intramolecular Hbond substituents is 1. The Balaban J connectivity index is 0.000000310. The van der Waals surface area contributed by atoms with Crippen LogP contribution in [0.2, 0.25) is 15.1 Å². The maximum absolute atomic E-state index is 10.1. The van der Waals surface area contributed by atoms with Crippen LogP contribution in [0.4, 0.5) is 0 Å². The first-order valence-electron chi connectivity index (χ1n) is 7.24. The van der Waals surface area contributed by atoms with Crippen molar-refractivity contribution in [2.45, 2.75) is 0 Å². The molecule has 3 aromatic carbocycles. The summed E-state index contributed by atoms with van der Waals surface area (Å²) in [6.45, 7) is 0. The molecule has 134 valence electrons. The second kappa shape index (κ2) is 11.4. The van der Waals surface area contributed by atoms with E-state index < -0.39 is 5.97 Å². The maximum Gasteiger partial charge on any atom is 1.00 e. The van der Waals surface area contributed by atoms with Gasteiger partial charge in [0.25, 0.3) is 0 Å². The topological polar surface area (TPSA) is 69.6 Å². The number of ether oxygens (including phenoxy) is 1. The Kier molecular flexibility index (Phi) is 10.0. The number of phenols is 1. The minimum Gasteiger partial charge on any atom is -0.545 e. The van der Waals surface area contributed by atoms with Crippen LogP contribution in [0.15, 0.2) is 66.7 Å². The van der Waals surface area contributed by atoms with E-state index in [-0.39, 0.29) is 46.6 Å². The molecule has 0 spiro atoms. The van der Waals surface area contributed by atoms with Crippen molar-refractivity contribution in [1.82, 2.24) is 0 Å².